The maximum Gasteiger partial charge on any atom is 0.225 e. The normalized spacial score (nSPS) is 21.2. The van der Waals surface area contributed by atoms with Crippen LogP contribution in [0.5, 0.6) is 0 Å². The predicted octanol–water partition coefficient (Wildman–Crippen LogP) is 1.58. The molecule has 22 heavy (non-hydrogen) atoms. The zero-order chi connectivity index (χ0) is 15.9. The summed E-state index contributed by atoms with van der Waals surface area (Å²) in [5.41, 5.74) is 0. The summed E-state index contributed by atoms with van der Waals surface area (Å²) >= 11 is 0. The smallest absolute Gasteiger partial charge is 0.225 e. The van der Waals surface area contributed by atoms with Gasteiger partial charge in [0.2, 0.25) is 11.8 Å². The molecule has 0 atom stereocenters. The van der Waals surface area contributed by atoms with Gasteiger partial charge in [-0.3, -0.25) is 9.59 Å². The number of rotatable bonds is 5. The van der Waals surface area contributed by atoms with Crippen molar-refractivity contribution in [3.63, 3.8) is 0 Å². The van der Waals surface area contributed by atoms with Crippen molar-refractivity contribution in [2.75, 3.05) is 45.8 Å². The van der Waals surface area contributed by atoms with Crippen LogP contribution < -0.4 is 0 Å². The Balaban J connectivity index is 1.74. The van der Waals surface area contributed by atoms with Crippen LogP contribution in [-0.4, -0.2) is 72.3 Å². The molecule has 0 spiro atoms. The molecular formula is C17H31N3O2. The molecular weight excluding hydrogens is 278 g/mol. The van der Waals surface area contributed by atoms with Gasteiger partial charge in [0.15, 0.2) is 0 Å². The maximum absolute atomic E-state index is 12.6. The van der Waals surface area contributed by atoms with Gasteiger partial charge in [-0.15, -0.1) is 0 Å². The van der Waals surface area contributed by atoms with Gasteiger partial charge < -0.3 is 14.7 Å². The van der Waals surface area contributed by atoms with Gasteiger partial charge in [-0.1, -0.05) is 20.3 Å². The quantitative estimate of drug-likeness (QED) is 0.774. The summed E-state index contributed by atoms with van der Waals surface area (Å²) in [6.45, 7) is 10.6. The summed E-state index contributed by atoms with van der Waals surface area (Å²) in [5.74, 6) is 0.712. The van der Waals surface area contributed by atoms with Gasteiger partial charge in [0.05, 0.1) is 0 Å². The predicted molar refractivity (Wildman–Crippen MR) is 87.5 cm³/mol. The van der Waals surface area contributed by atoms with Gasteiger partial charge in [0.25, 0.3) is 0 Å². The number of hydrogen-bond donors (Lipinski definition) is 0. The molecule has 2 rings (SSSR count). The molecule has 126 valence electrons. The van der Waals surface area contributed by atoms with Crippen molar-refractivity contribution in [1.29, 1.82) is 0 Å². The van der Waals surface area contributed by atoms with E-state index in [2.05, 4.69) is 18.7 Å². The third kappa shape index (κ3) is 4.45. The number of unbranched alkanes of at least 4 members (excludes halogenated alkanes) is 1. The number of carbonyl (C=O) groups excluding carboxylic acids is 2. The number of nitrogens with zero attached hydrogens (tertiary/aromatic N) is 3. The number of amides is 2. The molecule has 5 nitrogen and oxygen atoms in total. The summed E-state index contributed by atoms with van der Waals surface area (Å²) in [5, 5.41) is 0. The first kappa shape index (κ1) is 17.3. The average molecular weight is 309 g/mol. The lowest BCUT2D eigenvalue weighted by molar-refractivity contribution is -0.142. The second-order valence-electron chi connectivity index (χ2n) is 6.52. The molecule has 0 aliphatic carbocycles. The largest absolute Gasteiger partial charge is 0.343 e. The Hall–Kier alpha value is -1.10. The molecule has 0 radical (unpaired) electrons. The highest BCUT2D eigenvalue weighted by Gasteiger charge is 2.31. The lowest BCUT2D eigenvalue weighted by Crippen LogP contribution is -2.51. The van der Waals surface area contributed by atoms with Crippen LogP contribution in [-0.2, 0) is 9.59 Å². The number of likely N-dealkylation sites (tertiary alicyclic amines) is 1. The molecule has 0 bridgehead atoms. The molecule has 0 aromatic heterocycles. The minimum absolute atomic E-state index is 0.128. The molecule has 0 N–H and O–H groups in total. The van der Waals surface area contributed by atoms with E-state index in [-0.39, 0.29) is 11.8 Å². The molecule has 0 saturated carbocycles. The van der Waals surface area contributed by atoms with Crippen LogP contribution in [0.3, 0.4) is 0 Å². The van der Waals surface area contributed by atoms with E-state index in [0.29, 0.717) is 12.3 Å². The lowest BCUT2D eigenvalue weighted by atomic mass is 9.94. The Morgan fingerprint density at radius 1 is 0.909 bits per heavy atom. The van der Waals surface area contributed by atoms with Gasteiger partial charge in [-0.05, 0) is 25.8 Å². The molecule has 0 aromatic rings. The zero-order valence-corrected chi connectivity index (χ0v) is 14.2. The standard InChI is InChI=1S/C17H31N3O2/c1-3-5-6-16(21)19-9-7-15(8-10-19)17(22)20-13-11-18(4-2)12-14-20/h15H,3-14H2,1-2H3. The van der Waals surface area contributed by atoms with Crippen LogP contribution in [0.15, 0.2) is 0 Å². The second-order valence-corrected chi connectivity index (χ2v) is 6.52. The van der Waals surface area contributed by atoms with E-state index >= 15 is 0 Å². The van der Waals surface area contributed by atoms with Gasteiger partial charge in [0, 0.05) is 51.6 Å². The number of hydrogen-bond acceptors (Lipinski definition) is 3. The Morgan fingerprint density at radius 2 is 1.55 bits per heavy atom. The maximum atomic E-state index is 12.6. The minimum atomic E-state index is 0.128. The van der Waals surface area contributed by atoms with Gasteiger partial charge in [-0.25, -0.2) is 0 Å². The lowest BCUT2D eigenvalue weighted by Gasteiger charge is -2.38. The Bertz CT molecular complexity index is 370. The number of piperazine rings is 1. The van der Waals surface area contributed by atoms with Crippen molar-refractivity contribution in [3.05, 3.63) is 0 Å². The summed E-state index contributed by atoms with van der Waals surface area (Å²) in [7, 11) is 0. The van der Waals surface area contributed by atoms with Gasteiger partial charge >= 0.3 is 0 Å². The monoisotopic (exact) mass is 309 g/mol. The van der Waals surface area contributed by atoms with Crippen LogP contribution in [0, 0.1) is 5.92 Å². The van der Waals surface area contributed by atoms with E-state index in [1.165, 1.54) is 0 Å². The third-order valence-corrected chi connectivity index (χ3v) is 5.07. The Morgan fingerprint density at radius 3 is 2.09 bits per heavy atom. The fourth-order valence-electron chi connectivity index (χ4n) is 3.40. The van der Waals surface area contributed by atoms with Crippen molar-refractivity contribution in [3.8, 4) is 0 Å². The first-order valence-electron chi connectivity index (χ1n) is 8.94. The molecule has 2 fully saturated rings. The van der Waals surface area contributed by atoms with Crippen molar-refractivity contribution in [1.82, 2.24) is 14.7 Å². The van der Waals surface area contributed by atoms with Crippen molar-refractivity contribution in [2.24, 2.45) is 5.92 Å². The first-order valence-corrected chi connectivity index (χ1v) is 8.94. The van der Waals surface area contributed by atoms with E-state index in [1.807, 2.05) is 9.80 Å². The minimum Gasteiger partial charge on any atom is -0.343 e. The second kappa shape index (κ2) is 8.51. The topological polar surface area (TPSA) is 43.9 Å². The Labute approximate surface area is 134 Å². The van der Waals surface area contributed by atoms with Gasteiger partial charge in [-0.2, -0.15) is 0 Å². The van der Waals surface area contributed by atoms with Crippen molar-refractivity contribution in [2.45, 2.75) is 46.0 Å². The SMILES string of the molecule is CCCCC(=O)N1CCC(C(=O)N2CCN(CC)CC2)CC1. The molecule has 2 aliphatic heterocycles. The van der Waals surface area contributed by atoms with E-state index < -0.39 is 0 Å². The highest BCUT2D eigenvalue weighted by molar-refractivity contribution is 5.80. The number of likely N-dealkylation sites (N-methyl/N-ethyl adjacent to an activating group) is 1. The van der Waals surface area contributed by atoms with E-state index in [1.54, 1.807) is 0 Å². The first-order chi connectivity index (χ1) is 10.7. The third-order valence-electron chi connectivity index (χ3n) is 5.07. The zero-order valence-electron chi connectivity index (χ0n) is 14.2. The summed E-state index contributed by atoms with van der Waals surface area (Å²) in [6, 6.07) is 0. The van der Waals surface area contributed by atoms with Crippen molar-refractivity contribution < 1.29 is 9.59 Å². The van der Waals surface area contributed by atoms with Crippen LogP contribution in [0.4, 0.5) is 0 Å². The fourth-order valence-corrected chi connectivity index (χ4v) is 3.40. The Kier molecular flexibility index (Phi) is 6.68. The molecule has 0 aromatic carbocycles. The molecule has 2 aliphatic rings. The van der Waals surface area contributed by atoms with Crippen molar-refractivity contribution >= 4 is 11.8 Å². The van der Waals surface area contributed by atoms with Crippen LogP contribution >= 0.6 is 0 Å². The number of carbonyl (C=O) groups is 2. The molecule has 0 unspecified atom stereocenters. The molecule has 2 saturated heterocycles. The van der Waals surface area contributed by atoms with E-state index in [9.17, 15) is 9.59 Å². The molecule has 2 heterocycles. The summed E-state index contributed by atoms with van der Waals surface area (Å²) in [4.78, 5) is 31.0. The van der Waals surface area contributed by atoms with Crippen LogP contribution in [0.2, 0.25) is 0 Å². The summed E-state index contributed by atoms with van der Waals surface area (Å²) < 4.78 is 0. The highest BCUT2D eigenvalue weighted by atomic mass is 16.2. The molecule has 5 heteroatoms. The van der Waals surface area contributed by atoms with E-state index in [0.717, 1.165) is 71.5 Å². The number of piperidine rings is 1. The van der Waals surface area contributed by atoms with Crippen LogP contribution in [0.1, 0.15) is 46.0 Å². The molecule has 2 amide bonds. The highest BCUT2D eigenvalue weighted by Crippen LogP contribution is 2.21. The van der Waals surface area contributed by atoms with Crippen LogP contribution in [0.25, 0.3) is 0 Å². The summed E-state index contributed by atoms with van der Waals surface area (Å²) in [6.07, 6.45) is 4.37. The fraction of sp³-hybridized carbons (Fsp3) is 0.882. The average Bonchev–Trinajstić information content (AvgIpc) is 2.59. The van der Waals surface area contributed by atoms with Gasteiger partial charge in [0.1, 0.15) is 0 Å². The van der Waals surface area contributed by atoms with E-state index in [4.69, 9.17) is 0 Å².